The van der Waals surface area contributed by atoms with Gasteiger partial charge in [-0.2, -0.15) is 4.31 Å². The van der Waals surface area contributed by atoms with E-state index in [1.807, 2.05) is 6.07 Å². The highest BCUT2D eigenvalue weighted by Crippen LogP contribution is 2.26. The normalized spacial score (nSPS) is 11.8. The Morgan fingerprint density at radius 2 is 1.86 bits per heavy atom. The van der Waals surface area contributed by atoms with Crippen molar-refractivity contribution in [3.8, 4) is 0 Å². The van der Waals surface area contributed by atoms with Crippen LogP contribution >= 0.6 is 23.2 Å². The van der Waals surface area contributed by atoms with Gasteiger partial charge in [0.2, 0.25) is 10.0 Å². The van der Waals surface area contributed by atoms with Gasteiger partial charge in [0.25, 0.3) is 0 Å². The zero-order valence-corrected chi connectivity index (χ0v) is 13.7. The molecule has 0 N–H and O–H groups in total. The number of sulfonamides is 1. The molecule has 2 rings (SSSR count). The maximum absolute atomic E-state index is 12.7. The number of rotatable bonds is 5. The topological polar surface area (TPSA) is 50.3 Å². The molecule has 7 heteroatoms. The van der Waals surface area contributed by atoms with E-state index in [2.05, 4.69) is 4.98 Å². The van der Waals surface area contributed by atoms with Gasteiger partial charge in [0, 0.05) is 30.5 Å². The zero-order chi connectivity index (χ0) is 15.5. The van der Waals surface area contributed by atoms with Gasteiger partial charge in [-0.3, -0.25) is 4.98 Å². The molecule has 0 amide bonds. The van der Waals surface area contributed by atoms with Crippen LogP contribution < -0.4 is 0 Å². The van der Waals surface area contributed by atoms with Crippen LogP contribution in [0.5, 0.6) is 0 Å². The fourth-order valence-electron chi connectivity index (χ4n) is 1.88. The highest BCUT2D eigenvalue weighted by molar-refractivity contribution is 7.89. The molecule has 0 fully saturated rings. The summed E-state index contributed by atoms with van der Waals surface area (Å²) in [5, 5.41) is 0.686. The highest BCUT2D eigenvalue weighted by atomic mass is 35.5. The van der Waals surface area contributed by atoms with E-state index in [1.54, 1.807) is 25.1 Å². The smallest absolute Gasteiger partial charge is 0.246 e. The van der Waals surface area contributed by atoms with Crippen LogP contribution in [0.2, 0.25) is 10.0 Å². The molecule has 0 radical (unpaired) electrons. The Morgan fingerprint density at radius 1 is 1.14 bits per heavy atom. The van der Waals surface area contributed by atoms with E-state index in [1.165, 1.54) is 22.8 Å². The second-order valence-electron chi connectivity index (χ2n) is 4.33. The molecular formula is C14H14Cl2N2O2S. The van der Waals surface area contributed by atoms with Gasteiger partial charge in [0.15, 0.2) is 0 Å². The minimum Gasteiger partial charge on any atom is -0.263 e. The summed E-state index contributed by atoms with van der Waals surface area (Å²) in [6, 6.07) is 8.60. The molecule has 1 aromatic heterocycles. The van der Waals surface area contributed by atoms with E-state index in [4.69, 9.17) is 23.2 Å². The molecule has 0 bridgehead atoms. The van der Waals surface area contributed by atoms with E-state index >= 15 is 0 Å². The number of hydrogen-bond acceptors (Lipinski definition) is 3. The molecule has 0 saturated carbocycles. The van der Waals surface area contributed by atoms with Crippen LogP contribution in [0.3, 0.4) is 0 Å². The maximum atomic E-state index is 12.7. The molecule has 21 heavy (non-hydrogen) atoms. The lowest BCUT2D eigenvalue weighted by Gasteiger charge is -2.21. The quantitative estimate of drug-likeness (QED) is 0.832. The van der Waals surface area contributed by atoms with E-state index in [-0.39, 0.29) is 16.5 Å². The highest BCUT2D eigenvalue weighted by Gasteiger charge is 2.26. The van der Waals surface area contributed by atoms with Crippen molar-refractivity contribution in [3.05, 3.63) is 58.3 Å². The Morgan fingerprint density at radius 3 is 2.48 bits per heavy atom. The predicted octanol–water partition coefficient (Wildman–Crippen LogP) is 3.60. The monoisotopic (exact) mass is 344 g/mol. The molecule has 0 aliphatic carbocycles. The summed E-state index contributed by atoms with van der Waals surface area (Å²) < 4.78 is 26.6. The van der Waals surface area contributed by atoms with Gasteiger partial charge in [0.05, 0.1) is 5.02 Å². The first-order valence-corrected chi connectivity index (χ1v) is 8.49. The third-order valence-electron chi connectivity index (χ3n) is 3.01. The Hall–Kier alpha value is -1.14. The fraction of sp³-hybridized carbons (Fsp3) is 0.214. The van der Waals surface area contributed by atoms with Crippen LogP contribution in [0.25, 0.3) is 0 Å². The maximum Gasteiger partial charge on any atom is 0.246 e. The Kier molecular flexibility index (Phi) is 5.22. The second-order valence-corrected chi connectivity index (χ2v) is 7.05. The Labute approximate surface area is 134 Å². The predicted molar refractivity (Wildman–Crippen MR) is 84.0 cm³/mol. The lowest BCUT2D eigenvalue weighted by molar-refractivity contribution is 0.423. The number of halogens is 2. The molecule has 1 aromatic carbocycles. The van der Waals surface area contributed by atoms with Crippen molar-refractivity contribution < 1.29 is 8.42 Å². The molecule has 0 aliphatic heterocycles. The van der Waals surface area contributed by atoms with E-state index in [0.29, 0.717) is 11.6 Å². The van der Waals surface area contributed by atoms with Crippen molar-refractivity contribution in [2.75, 3.05) is 6.54 Å². The van der Waals surface area contributed by atoms with E-state index < -0.39 is 10.0 Å². The molecule has 4 nitrogen and oxygen atoms in total. The molecule has 1 heterocycles. The van der Waals surface area contributed by atoms with Gasteiger partial charge >= 0.3 is 0 Å². The average Bonchev–Trinajstić information content (AvgIpc) is 2.46. The van der Waals surface area contributed by atoms with E-state index in [9.17, 15) is 8.42 Å². The molecule has 0 aliphatic rings. The summed E-state index contributed by atoms with van der Waals surface area (Å²) in [4.78, 5) is 3.84. The summed E-state index contributed by atoms with van der Waals surface area (Å²) >= 11 is 12.1. The SMILES string of the molecule is CCN(Cc1ccccc1Cl)S(=O)(=O)c1cnccc1Cl. The number of aromatic nitrogens is 1. The van der Waals surface area contributed by atoms with Crippen LogP contribution in [0, 0.1) is 0 Å². The fourth-order valence-corrected chi connectivity index (χ4v) is 3.90. The second kappa shape index (κ2) is 6.75. The molecule has 0 unspecified atom stereocenters. The van der Waals surface area contributed by atoms with Crippen LogP contribution in [0.4, 0.5) is 0 Å². The lowest BCUT2D eigenvalue weighted by atomic mass is 10.2. The summed E-state index contributed by atoms with van der Waals surface area (Å²) in [5.41, 5.74) is 0.740. The van der Waals surface area contributed by atoms with Crippen LogP contribution in [0.1, 0.15) is 12.5 Å². The summed E-state index contributed by atoms with van der Waals surface area (Å²) in [6.07, 6.45) is 2.71. The van der Waals surface area contributed by atoms with Crippen LogP contribution in [-0.4, -0.2) is 24.3 Å². The minimum absolute atomic E-state index is 0.000528. The zero-order valence-electron chi connectivity index (χ0n) is 11.3. The van der Waals surface area contributed by atoms with Gasteiger partial charge in [-0.15, -0.1) is 0 Å². The first-order chi connectivity index (χ1) is 9.96. The van der Waals surface area contributed by atoms with Crippen LogP contribution in [-0.2, 0) is 16.6 Å². The van der Waals surface area contributed by atoms with Gasteiger partial charge < -0.3 is 0 Å². The van der Waals surface area contributed by atoms with Crippen molar-refractivity contribution in [1.82, 2.24) is 9.29 Å². The summed E-state index contributed by atoms with van der Waals surface area (Å²) in [5.74, 6) is 0. The van der Waals surface area contributed by atoms with Gasteiger partial charge in [-0.1, -0.05) is 48.3 Å². The molecule has 2 aromatic rings. The molecule has 0 spiro atoms. The molecule has 112 valence electrons. The van der Waals surface area contributed by atoms with Crippen molar-refractivity contribution in [3.63, 3.8) is 0 Å². The first kappa shape index (κ1) is 16.2. The minimum atomic E-state index is -3.72. The van der Waals surface area contributed by atoms with Crippen molar-refractivity contribution in [2.24, 2.45) is 0 Å². The summed E-state index contributed by atoms with van der Waals surface area (Å²) in [7, 11) is -3.72. The Bertz CT molecular complexity index is 735. The Balaban J connectivity index is 2.37. The first-order valence-electron chi connectivity index (χ1n) is 6.30. The van der Waals surface area contributed by atoms with E-state index in [0.717, 1.165) is 5.56 Å². The van der Waals surface area contributed by atoms with Gasteiger partial charge in [-0.25, -0.2) is 8.42 Å². The summed E-state index contributed by atoms with van der Waals surface area (Å²) in [6.45, 7) is 2.25. The molecule has 0 atom stereocenters. The third kappa shape index (κ3) is 3.55. The van der Waals surface area contributed by atoms with Gasteiger partial charge in [0.1, 0.15) is 4.90 Å². The number of hydrogen-bond donors (Lipinski definition) is 0. The molecule has 0 saturated heterocycles. The number of nitrogens with zero attached hydrogens (tertiary/aromatic N) is 2. The lowest BCUT2D eigenvalue weighted by Crippen LogP contribution is -2.30. The van der Waals surface area contributed by atoms with Crippen LogP contribution in [0.15, 0.2) is 47.6 Å². The largest absolute Gasteiger partial charge is 0.263 e. The third-order valence-corrected chi connectivity index (χ3v) is 5.77. The number of benzene rings is 1. The van der Waals surface area contributed by atoms with Gasteiger partial charge in [-0.05, 0) is 17.7 Å². The van der Waals surface area contributed by atoms with Crippen molar-refractivity contribution >= 4 is 33.2 Å². The van der Waals surface area contributed by atoms with Crippen molar-refractivity contribution in [2.45, 2.75) is 18.4 Å². The standard InChI is InChI=1S/C14H14Cl2N2O2S/c1-2-18(10-11-5-3-4-6-12(11)15)21(19,20)14-9-17-8-7-13(14)16/h3-9H,2,10H2,1H3. The number of pyridine rings is 1. The average molecular weight is 345 g/mol. The van der Waals surface area contributed by atoms with Crippen molar-refractivity contribution in [1.29, 1.82) is 0 Å². The molecular weight excluding hydrogens is 331 g/mol.